The minimum Gasteiger partial charge on any atom is -0.221 e. The topological polar surface area (TPSA) is 60.9 Å². The van der Waals surface area contributed by atoms with E-state index in [2.05, 4.69) is 36.1 Å². The van der Waals surface area contributed by atoms with Crippen LogP contribution in [0.2, 0.25) is 5.15 Å². The van der Waals surface area contributed by atoms with Gasteiger partial charge in [-0.1, -0.05) is 11.6 Å². The van der Waals surface area contributed by atoms with Crippen molar-refractivity contribution in [2.45, 2.75) is 6.92 Å². The first kappa shape index (κ1) is 10.7. The quantitative estimate of drug-likeness (QED) is 0.645. The van der Waals surface area contributed by atoms with Crippen LogP contribution in [0.4, 0.5) is 0 Å². The molecular formula is C9H6BrClN6. The summed E-state index contributed by atoms with van der Waals surface area (Å²) in [5.41, 5.74) is 0.792. The summed E-state index contributed by atoms with van der Waals surface area (Å²) in [6, 6.07) is 0. The molecule has 8 heteroatoms. The molecule has 3 aromatic rings. The van der Waals surface area contributed by atoms with Gasteiger partial charge in [-0.15, -0.1) is 0 Å². The first-order valence-electron chi connectivity index (χ1n) is 4.73. The molecule has 0 fully saturated rings. The zero-order chi connectivity index (χ0) is 12.0. The van der Waals surface area contributed by atoms with E-state index in [9.17, 15) is 0 Å². The van der Waals surface area contributed by atoms with Gasteiger partial charge in [0, 0.05) is 11.8 Å². The molecule has 0 saturated carbocycles. The number of fused-ring (bicyclic) bond motifs is 1. The molecule has 0 saturated heterocycles. The highest BCUT2D eigenvalue weighted by Crippen LogP contribution is 2.21. The van der Waals surface area contributed by atoms with Crippen molar-refractivity contribution in [3.05, 3.63) is 33.9 Å². The highest BCUT2D eigenvalue weighted by Gasteiger charge is 2.14. The molecule has 0 amide bonds. The van der Waals surface area contributed by atoms with Gasteiger partial charge in [0.2, 0.25) is 0 Å². The molecular weight excluding hydrogens is 307 g/mol. The molecule has 0 aromatic carbocycles. The number of nitrogens with zero attached hydrogens (tertiary/aromatic N) is 6. The summed E-state index contributed by atoms with van der Waals surface area (Å²) in [5, 5.41) is 8.72. The molecule has 0 unspecified atom stereocenters. The first-order valence-corrected chi connectivity index (χ1v) is 5.90. The Labute approximate surface area is 109 Å². The molecule has 0 aliphatic rings. The van der Waals surface area contributed by atoms with Crippen LogP contribution in [0.1, 0.15) is 5.56 Å². The molecule has 17 heavy (non-hydrogen) atoms. The lowest BCUT2D eigenvalue weighted by Gasteiger charge is -2.08. The van der Waals surface area contributed by atoms with Gasteiger partial charge in [0.05, 0.1) is 10.7 Å². The fourth-order valence-corrected chi connectivity index (χ4v) is 2.01. The van der Waals surface area contributed by atoms with E-state index >= 15 is 0 Å². The second-order valence-corrected chi connectivity index (χ2v) is 4.70. The Morgan fingerprint density at radius 3 is 2.88 bits per heavy atom. The average molecular weight is 314 g/mol. The van der Waals surface area contributed by atoms with Crippen molar-refractivity contribution in [3.8, 4) is 5.82 Å². The predicted molar refractivity (Wildman–Crippen MR) is 65.4 cm³/mol. The average Bonchev–Trinajstić information content (AvgIpc) is 2.89. The highest BCUT2D eigenvalue weighted by molar-refractivity contribution is 9.10. The maximum absolute atomic E-state index is 6.06. The highest BCUT2D eigenvalue weighted by atomic mass is 79.9. The Bertz CT molecular complexity index is 703. The molecule has 0 radical (unpaired) electrons. The van der Waals surface area contributed by atoms with E-state index in [0.717, 1.165) is 15.9 Å². The molecule has 0 bridgehead atoms. The first-order chi connectivity index (χ1) is 8.16. The zero-order valence-electron chi connectivity index (χ0n) is 8.67. The third-order valence-electron chi connectivity index (χ3n) is 2.34. The molecule has 86 valence electrons. The predicted octanol–water partition coefficient (Wildman–Crippen LogP) is 2.03. The van der Waals surface area contributed by atoms with Crippen molar-refractivity contribution in [3.63, 3.8) is 0 Å². The minimum atomic E-state index is 0.395. The smallest absolute Gasteiger partial charge is 0.221 e. The van der Waals surface area contributed by atoms with E-state index in [0.29, 0.717) is 10.9 Å². The van der Waals surface area contributed by atoms with Crippen LogP contribution >= 0.6 is 27.5 Å². The second-order valence-electron chi connectivity index (χ2n) is 3.43. The van der Waals surface area contributed by atoms with Crippen LogP contribution in [0.15, 0.2) is 23.2 Å². The molecule has 0 spiro atoms. The summed E-state index contributed by atoms with van der Waals surface area (Å²) in [4.78, 5) is 8.15. The maximum Gasteiger partial charge on any atom is 0.255 e. The van der Waals surface area contributed by atoms with E-state index in [1.165, 1.54) is 6.33 Å². The molecule has 3 rings (SSSR count). The van der Waals surface area contributed by atoms with Crippen LogP contribution in [0.3, 0.4) is 0 Å². The van der Waals surface area contributed by atoms with Crippen LogP contribution in [0.25, 0.3) is 11.6 Å². The molecule has 6 nitrogen and oxygen atoms in total. The lowest BCUT2D eigenvalue weighted by Crippen LogP contribution is -2.08. The van der Waals surface area contributed by atoms with Gasteiger partial charge in [-0.25, -0.2) is 4.68 Å². The van der Waals surface area contributed by atoms with E-state index in [1.807, 2.05) is 13.1 Å². The Balaban J connectivity index is 2.40. The van der Waals surface area contributed by atoms with Crippen molar-refractivity contribution in [1.29, 1.82) is 0 Å². The summed E-state index contributed by atoms with van der Waals surface area (Å²) >= 11 is 9.41. The van der Waals surface area contributed by atoms with Gasteiger partial charge < -0.3 is 0 Å². The SMILES string of the molecule is Cc1c(Cl)nc2ncnn2c1-n1cc(Br)cn1. The van der Waals surface area contributed by atoms with E-state index in [1.54, 1.807) is 15.4 Å². The number of halogens is 2. The largest absolute Gasteiger partial charge is 0.255 e. The monoisotopic (exact) mass is 312 g/mol. The van der Waals surface area contributed by atoms with Gasteiger partial charge in [0.15, 0.2) is 5.82 Å². The Hall–Kier alpha value is -1.47. The minimum absolute atomic E-state index is 0.395. The zero-order valence-corrected chi connectivity index (χ0v) is 11.0. The van der Waals surface area contributed by atoms with Crippen molar-refractivity contribution >= 4 is 33.3 Å². The molecule has 0 aliphatic carbocycles. The van der Waals surface area contributed by atoms with Crippen molar-refractivity contribution in [1.82, 2.24) is 29.4 Å². The Kier molecular flexibility index (Phi) is 2.37. The summed E-state index contributed by atoms with van der Waals surface area (Å²) in [7, 11) is 0. The summed E-state index contributed by atoms with van der Waals surface area (Å²) < 4.78 is 4.15. The van der Waals surface area contributed by atoms with Crippen molar-refractivity contribution in [2.24, 2.45) is 0 Å². The second kappa shape index (κ2) is 3.78. The molecule has 0 aliphatic heterocycles. The number of rotatable bonds is 1. The molecule has 0 N–H and O–H groups in total. The van der Waals surface area contributed by atoms with Gasteiger partial charge in [-0.2, -0.15) is 24.7 Å². The lowest BCUT2D eigenvalue weighted by molar-refractivity contribution is 0.772. The van der Waals surface area contributed by atoms with Gasteiger partial charge >= 0.3 is 0 Å². The van der Waals surface area contributed by atoms with E-state index in [4.69, 9.17) is 11.6 Å². The third-order valence-corrected chi connectivity index (χ3v) is 3.12. The van der Waals surface area contributed by atoms with Gasteiger partial charge in [0.25, 0.3) is 5.78 Å². The van der Waals surface area contributed by atoms with E-state index < -0.39 is 0 Å². The van der Waals surface area contributed by atoms with Crippen LogP contribution in [0.5, 0.6) is 0 Å². The van der Waals surface area contributed by atoms with Crippen LogP contribution in [-0.4, -0.2) is 29.4 Å². The van der Waals surface area contributed by atoms with Gasteiger partial charge in [-0.05, 0) is 22.9 Å². The molecule has 3 heterocycles. The lowest BCUT2D eigenvalue weighted by atomic mass is 10.3. The van der Waals surface area contributed by atoms with Crippen molar-refractivity contribution in [2.75, 3.05) is 0 Å². The van der Waals surface area contributed by atoms with Gasteiger partial charge in [-0.3, -0.25) is 0 Å². The van der Waals surface area contributed by atoms with Crippen LogP contribution < -0.4 is 0 Å². The number of hydrogen-bond acceptors (Lipinski definition) is 4. The summed E-state index contributed by atoms with van der Waals surface area (Å²) in [6.07, 6.45) is 4.94. The fourth-order valence-electron chi connectivity index (χ4n) is 1.57. The molecule has 3 aromatic heterocycles. The number of aromatic nitrogens is 6. The third kappa shape index (κ3) is 1.62. The van der Waals surface area contributed by atoms with Crippen LogP contribution in [0, 0.1) is 6.92 Å². The Morgan fingerprint density at radius 1 is 1.35 bits per heavy atom. The summed E-state index contributed by atoms with van der Waals surface area (Å²) in [6.45, 7) is 1.86. The van der Waals surface area contributed by atoms with Crippen LogP contribution in [-0.2, 0) is 0 Å². The van der Waals surface area contributed by atoms with Gasteiger partial charge in [0.1, 0.15) is 11.5 Å². The van der Waals surface area contributed by atoms with Crippen molar-refractivity contribution < 1.29 is 0 Å². The normalized spacial score (nSPS) is 11.2. The van der Waals surface area contributed by atoms with E-state index in [-0.39, 0.29) is 0 Å². The fraction of sp³-hybridized carbons (Fsp3) is 0.111. The molecule has 0 atom stereocenters. The standard InChI is InChI=1S/C9H6BrClN6/c1-5-7(11)15-9-12-4-14-17(9)8(5)16-3-6(10)2-13-16/h2-4H,1H3. The number of hydrogen-bond donors (Lipinski definition) is 0. The Morgan fingerprint density at radius 2 is 2.18 bits per heavy atom. The maximum atomic E-state index is 6.06. The summed E-state index contributed by atoms with van der Waals surface area (Å²) in [5.74, 6) is 1.17.